The molecule has 1 amide bonds. The van der Waals surface area contributed by atoms with Crippen LogP contribution in [0, 0.1) is 6.92 Å². The number of nitrogens with one attached hydrogen (secondary N) is 1. The van der Waals surface area contributed by atoms with E-state index in [1.54, 1.807) is 42.5 Å². The van der Waals surface area contributed by atoms with E-state index < -0.39 is 17.2 Å². The molecule has 34 heavy (non-hydrogen) atoms. The Labute approximate surface area is 196 Å². The summed E-state index contributed by atoms with van der Waals surface area (Å²) < 4.78 is 13.0. The first-order chi connectivity index (χ1) is 16.4. The highest BCUT2D eigenvalue weighted by molar-refractivity contribution is 5.93. The molecule has 0 saturated heterocycles. The number of carbonyl (C=O) groups is 1. The Balaban J connectivity index is 1.72. The van der Waals surface area contributed by atoms with Crippen molar-refractivity contribution in [2.24, 2.45) is 0 Å². The third-order valence-electron chi connectivity index (χ3n) is 5.58. The largest absolute Gasteiger partial charge is 0.497 e. The van der Waals surface area contributed by atoms with Gasteiger partial charge in [0.15, 0.2) is 0 Å². The summed E-state index contributed by atoms with van der Waals surface area (Å²) in [6.07, 6.45) is 0. The lowest BCUT2D eigenvalue weighted by molar-refractivity contribution is -0.116. The molecule has 0 saturated carbocycles. The van der Waals surface area contributed by atoms with Crippen molar-refractivity contribution in [3.63, 3.8) is 0 Å². The number of methoxy groups -OCH3 is 2. The number of amides is 1. The minimum Gasteiger partial charge on any atom is -0.497 e. The summed E-state index contributed by atoms with van der Waals surface area (Å²) in [6.45, 7) is 1.80. The van der Waals surface area contributed by atoms with E-state index in [-0.39, 0.29) is 13.1 Å². The van der Waals surface area contributed by atoms with Crippen molar-refractivity contribution in [1.29, 1.82) is 0 Å². The highest BCUT2D eigenvalue weighted by Crippen LogP contribution is 2.29. The van der Waals surface area contributed by atoms with E-state index in [1.807, 2.05) is 31.2 Å². The molecule has 0 atom stereocenters. The quantitative estimate of drug-likeness (QED) is 0.458. The summed E-state index contributed by atoms with van der Waals surface area (Å²) in [5.74, 6) is 0.575. The number of benzene rings is 3. The van der Waals surface area contributed by atoms with E-state index in [4.69, 9.17) is 9.47 Å². The molecule has 1 heterocycles. The third-order valence-corrected chi connectivity index (χ3v) is 5.58. The van der Waals surface area contributed by atoms with E-state index >= 15 is 0 Å². The maximum atomic E-state index is 13.4. The summed E-state index contributed by atoms with van der Waals surface area (Å²) in [7, 11) is 3.03. The SMILES string of the molecule is COc1ccc(NC(=O)Cn2c(=O)n(Cc3ccc(C)cc3)c(=O)c3ccccc32)c(OC)c1. The molecule has 1 aromatic heterocycles. The van der Waals surface area contributed by atoms with E-state index in [0.717, 1.165) is 15.7 Å². The van der Waals surface area contributed by atoms with Crippen molar-refractivity contribution in [1.82, 2.24) is 9.13 Å². The molecule has 4 rings (SSSR count). The average molecular weight is 460 g/mol. The monoisotopic (exact) mass is 459 g/mol. The first kappa shape index (κ1) is 22.8. The van der Waals surface area contributed by atoms with Gasteiger partial charge in [-0.25, -0.2) is 4.79 Å². The van der Waals surface area contributed by atoms with E-state index in [1.165, 1.54) is 18.8 Å². The van der Waals surface area contributed by atoms with Gasteiger partial charge in [-0.2, -0.15) is 0 Å². The van der Waals surface area contributed by atoms with E-state index in [9.17, 15) is 14.4 Å². The lowest BCUT2D eigenvalue weighted by Crippen LogP contribution is -2.42. The van der Waals surface area contributed by atoms with Gasteiger partial charge in [-0.1, -0.05) is 42.0 Å². The highest BCUT2D eigenvalue weighted by Gasteiger charge is 2.17. The van der Waals surface area contributed by atoms with Crippen molar-refractivity contribution in [3.05, 3.63) is 98.7 Å². The number of hydrogen-bond donors (Lipinski definition) is 1. The van der Waals surface area contributed by atoms with Crippen molar-refractivity contribution in [2.45, 2.75) is 20.0 Å². The van der Waals surface area contributed by atoms with Crippen LogP contribution in [0.15, 0.2) is 76.3 Å². The molecule has 0 spiro atoms. The van der Waals surface area contributed by atoms with Gasteiger partial charge in [0, 0.05) is 6.07 Å². The Morgan fingerprint density at radius 1 is 0.912 bits per heavy atom. The minimum atomic E-state index is -0.555. The van der Waals surface area contributed by atoms with Crippen molar-refractivity contribution in [2.75, 3.05) is 19.5 Å². The Morgan fingerprint density at radius 3 is 2.35 bits per heavy atom. The maximum Gasteiger partial charge on any atom is 0.332 e. The van der Waals surface area contributed by atoms with Gasteiger partial charge in [0.25, 0.3) is 5.56 Å². The molecular weight excluding hydrogens is 434 g/mol. The molecule has 0 radical (unpaired) electrons. The Hall–Kier alpha value is -4.33. The number of aryl methyl sites for hydroxylation is 1. The zero-order valence-electron chi connectivity index (χ0n) is 19.2. The second-order valence-corrected chi connectivity index (χ2v) is 7.88. The van der Waals surface area contributed by atoms with Crippen LogP contribution in [0.3, 0.4) is 0 Å². The van der Waals surface area contributed by atoms with Crippen molar-refractivity contribution < 1.29 is 14.3 Å². The molecule has 0 bridgehead atoms. The average Bonchev–Trinajstić information content (AvgIpc) is 2.85. The lowest BCUT2D eigenvalue weighted by Gasteiger charge is -2.15. The molecule has 0 unspecified atom stereocenters. The van der Waals surface area contributed by atoms with Gasteiger partial charge in [0.05, 0.1) is 37.4 Å². The standard InChI is InChI=1S/C26H25N3O5/c1-17-8-10-18(11-9-17)15-29-25(31)20-6-4-5-7-22(20)28(26(29)32)16-24(30)27-21-13-12-19(33-2)14-23(21)34-3/h4-14H,15-16H2,1-3H3,(H,27,30). The van der Waals surface area contributed by atoms with Crippen LogP contribution in [-0.2, 0) is 17.9 Å². The number of para-hydroxylation sites is 1. The number of aromatic nitrogens is 2. The van der Waals surface area contributed by atoms with Crippen LogP contribution in [0.25, 0.3) is 10.9 Å². The van der Waals surface area contributed by atoms with Gasteiger partial charge in [0.1, 0.15) is 18.0 Å². The van der Waals surface area contributed by atoms with Gasteiger partial charge in [-0.3, -0.25) is 18.7 Å². The summed E-state index contributed by atoms with van der Waals surface area (Å²) in [5, 5.41) is 3.14. The molecule has 0 aliphatic carbocycles. The smallest absolute Gasteiger partial charge is 0.332 e. The number of nitrogens with zero attached hydrogens (tertiary/aromatic N) is 2. The van der Waals surface area contributed by atoms with Gasteiger partial charge in [-0.05, 0) is 36.8 Å². The van der Waals surface area contributed by atoms with Crippen LogP contribution in [0.2, 0.25) is 0 Å². The second kappa shape index (κ2) is 9.66. The van der Waals surface area contributed by atoms with Crippen LogP contribution in [0.5, 0.6) is 11.5 Å². The Bertz CT molecular complexity index is 1470. The highest BCUT2D eigenvalue weighted by atomic mass is 16.5. The molecule has 1 N–H and O–H groups in total. The van der Waals surface area contributed by atoms with Crippen LogP contribution in [0.4, 0.5) is 5.69 Å². The molecule has 4 aromatic rings. The molecule has 174 valence electrons. The first-order valence-corrected chi connectivity index (χ1v) is 10.7. The summed E-state index contributed by atoms with van der Waals surface area (Å²) in [4.78, 5) is 39.4. The van der Waals surface area contributed by atoms with Gasteiger partial charge in [0.2, 0.25) is 5.91 Å². The second-order valence-electron chi connectivity index (χ2n) is 7.88. The zero-order valence-corrected chi connectivity index (χ0v) is 19.2. The van der Waals surface area contributed by atoms with Gasteiger partial charge >= 0.3 is 5.69 Å². The summed E-state index contributed by atoms with van der Waals surface area (Å²) in [6, 6.07) is 19.4. The van der Waals surface area contributed by atoms with Crippen molar-refractivity contribution >= 4 is 22.5 Å². The number of ether oxygens (including phenoxy) is 2. The van der Waals surface area contributed by atoms with Crippen molar-refractivity contribution in [3.8, 4) is 11.5 Å². The van der Waals surface area contributed by atoms with E-state index in [2.05, 4.69) is 5.32 Å². The van der Waals surface area contributed by atoms with Gasteiger partial charge in [-0.15, -0.1) is 0 Å². The molecule has 3 aromatic carbocycles. The van der Waals surface area contributed by atoms with Gasteiger partial charge < -0.3 is 14.8 Å². The molecular formula is C26H25N3O5. The predicted octanol–water partition coefficient (Wildman–Crippen LogP) is 3.18. The first-order valence-electron chi connectivity index (χ1n) is 10.7. The Morgan fingerprint density at radius 2 is 1.65 bits per heavy atom. The fourth-order valence-corrected chi connectivity index (χ4v) is 3.77. The predicted molar refractivity (Wildman–Crippen MR) is 131 cm³/mol. The number of rotatable bonds is 7. The Kier molecular flexibility index (Phi) is 6.49. The molecule has 0 aliphatic heterocycles. The molecule has 0 aliphatic rings. The fourth-order valence-electron chi connectivity index (χ4n) is 3.77. The number of hydrogen-bond acceptors (Lipinski definition) is 5. The topological polar surface area (TPSA) is 91.6 Å². The number of anilines is 1. The zero-order chi connectivity index (χ0) is 24.2. The minimum absolute atomic E-state index is 0.108. The van der Waals surface area contributed by atoms with E-state index in [0.29, 0.717) is 28.1 Å². The normalized spacial score (nSPS) is 10.8. The molecule has 0 fully saturated rings. The number of carbonyl (C=O) groups excluding carboxylic acids is 1. The lowest BCUT2D eigenvalue weighted by atomic mass is 10.1. The third kappa shape index (κ3) is 4.56. The number of fused-ring (bicyclic) bond motifs is 1. The fraction of sp³-hybridized carbons (Fsp3) is 0.192. The van der Waals surface area contributed by atoms with Crippen LogP contribution in [0.1, 0.15) is 11.1 Å². The summed E-state index contributed by atoms with van der Waals surface area (Å²) in [5.41, 5.74) is 1.79. The van der Waals surface area contributed by atoms with Crippen LogP contribution >= 0.6 is 0 Å². The summed E-state index contributed by atoms with van der Waals surface area (Å²) >= 11 is 0. The molecule has 8 nitrogen and oxygen atoms in total. The van der Waals surface area contributed by atoms with Crippen LogP contribution < -0.4 is 26.0 Å². The van der Waals surface area contributed by atoms with Crippen LogP contribution in [-0.4, -0.2) is 29.3 Å². The molecule has 8 heteroatoms. The maximum absolute atomic E-state index is 13.4.